The number of anilines is 4. The van der Waals surface area contributed by atoms with Gasteiger partial charge in [-0.1, -0.05) is 6.58 Å². The Bertz CT molecular complexity index is 1680. The highest BCUT2D eigenvalue weighted by molar-refractivity contribution is 6.02. The third kappa shape index (κ3) is 6.64. The van der Waals surface area contributed by atoms with Gasteiger partial charge in [0.25, 0.3) is 0 Å². The van der Waals surface area contributed by atoms with E-state index in [-0.39, 0.29) is 17.4 Å². The highest BCUT2D eigenvalue weighted by atomic mass is 19.3. The number of nitriles is 1. The molecule has 4 rings (SSSR count). The lowest BCUT2D eigenvalue weighted by molar-refractivity contribution is -0.111. The third-order valence-electron chi connectivity index (χ3n) is 6.64. The molecular formula is C30H32F2N8O2. The molecule has 2 aromatic carbocycles. The number of fused-ring (bicyclic) bond motifs is 1. The summed E-state index contributed by atoms with van der Waals surface area (Å²) < 4.78 is 33.8. The summed E-state index contributed by atoms with van der Waals surface area (Å²) >= 11 is 0. The predicted molar refractivity (Wildman–Crippen MR) is 160 cm³/mol. The third-order valence-corrected chi connectivity index (χ3v) is 6.64. The number of likely N-dealkylation sites (N-methyl/N-ethyl adjacent to an activating group) is 2. The molecule has 0 saturated heterocycles. The second-order valence-corrected chi connectivity index (χ2v) is 10.0. The maximum absolute atomic E-state index is 13.5. The van der Waals surface area contributed by atoms with Crippen molar-refractivity contribution in [3.8, 4) is 23.1 Å². The number of aromatic nitrogens is 3. The number of carbonyl (C=O) groups excluding carboxylic acids is 1. The number of rotatable bonds is 11. The number of nitrogens with zero attached hydrogens (tertiary/aromatic N) is 6. The summed E-state index contributed by atoms with van der Waals surface area (Å²) in [6.07, 6.45) is 4.60. The van der Waals surface area contributed by atoms with Gasteiger partial charge >= 0.3 is 6.61 Å². The number of aryl methyl sites for hydroxylation is 2. The maximum Gasteiger partial charge on any atom is 0.387 e. The normalized spacial score (nSPS) is 11.0. The highest BCUT2D eigenvalue weighted by Gasteiger charge is 2.20. The van der Waals surface area contributed by atoms with Gasteiger partial charge in [-0.2, -0.15) is 14.0 Å². The molecule has 2 aromatic heterocycles. The Morgan fingerprint density at radius 3 is 2.64 bits per heavy atom. The van der Waals surface area contributed by atoms with Gasteiger partial charge in [0, 0.05) is 56.6 Å². The average molecular weight is 575 g/mol. The summed E-state index contributed by atoms with van der Waals surface area (Å²) in [5, 5.41) is 16.4. The molecule has 0 fully saturated rings. The molecule has 0 atom stereocenters. The van der Waals surface area contributed by atoms with E-state index in [0.717, 1.165) is 22.5 Å². The summed E-state index contributed by atoms with van der Waals surface area (Å²) in [5.41, 5.74) is 4.48. The Kier molecular flexibility index (Phi) is 9.02. The first kappa shape index (κ1) is 30.0. The Morgan fingerprint density at radius 2 is 1.98 bits per heavy atom. The van der Waals surface area contributed by atoms with E-state index in [4.69, 9.17) is 4.74 Å². The van der Waals surface area contributed by atoms with Gasteiger partial charge in [-0.3, -0.25) is 4.79 Å². The van der Waals surface area contributed by atoms with Crippen molar-refractivity contribution >= 4 is 39.8 Å². The summed E-state index contributed by atoms with van der Waals surface area (Å²) in [7, 11) is 7.51. The van der Waals surface area contributed by atoms with Crippen molar-refractivity contribution in [2.24, 2.45) is 7.05 Å². The van der Waals surface area contributed by atoms with E-state index in [1.807, 2.05) is 54.7 Å². The standard InChI is InChI=1S/C30H32F2N8O2/c1-7-27(41)35-23-14-24(26(42-29(31)32)15-25(23)39(5)11-10-38(3)4)37-30-34-9-8-22(36-30)19-12-20(16-33)28-21(13-19)18(2)17-40(28)6/h7-9,12-15,17,29H,1,10-11H2,2-6H3,(H,35,41)(H,34,36,37). The van der Waals surface area contributed by atoms with Crippen molar-refractivity contribution in [1.29, 1.82) is 5.26 Å². The first-order valence-corrected chi connectivity index (χ1v) is 13.0. The molecule has 42 heavy (non-hydrogen) atoms. The lowest BCUT2D eigenvalue weighted by Gasteiger charge is -2.26. The zero-order valence-corrected chi connectivity index (χ0v) is 24.1. The van der Waals surface area contributed by atoms with Crippen LogP contribution in [0.15, 0.2) is 55.4 Å². The molecule has 12 heteroatoms. The zero-order valence-electron chi connectivity index (χ0n) is 24.1. The molecule has 0 aliphatic carbocycles. The van der Waals surface area contributed by atoms with Gasteiger partial charge in [0.1, 0.15) is 6.07 Å². The minimum atomic E-state index is -3.10. The maximum atomic E-state index is 13.5. The number of amides is 1. The predicted octanol–water partition coefficient (Wildman–Crippen LogP) is 5.28. The van der Waals surface area contributed by atoms with E-state index >= 15 is 0 Å². The fourth-order valence-electron chi connectivity index (χ4n) is 4.60. The topological polar surface area (TPSA) is 111 Å². The smallest absolute Gasteiger partial charge is 0.387 e. The van der Waals surface area contributed by atoms with E-state index < -0.39 is 12.5 Å². The molecule has 0 bridgehead atoms. The number of hydrogen-bond acceptors (Lipinski definition) is 8. The molecule has 2 N–H and O–H groups in total. The number of hydrogen-bond donors (Lipinski definition) is 2. The number of alkyl halides is 2. The van der Waals surface area contributed by atoms with E-state index in [1.165, 1.54) is 18.3 Å². The van der Waals surface area contributed by atoms with Crippen molar-refractivity contribution < 1.29 is 18.3 Å². The number of nitrogens with one attached hydrogen (secondary N) is 2. The van der Waals surface area contributed by atoms with Crippen molar-refractivity contribution in [3.05, 3.63) is 66.5 Å². The van der Waals surface area contributed by atoms with Crippen molar-refractivity contribution in [1.82, 2.24) is 19.4 Å². The molecule has 4 aromatic rings. The Morgan fingerprint density at radius 1 is 1.21 bits per heavy atom. The number of halogens is 2. The van der Waals surface area contributed by atoms with Crippen LogP contribution in [0.4, 0.5) is 31.8 Å². The van der Waals surface area contributed by atoms with Crippen molar-refractivity contribution in [2.45, 2.75) is 13.5 Å². The minimum absolute atomic E-state index is 0.102. The van der Waals surface area contributed by atoms with Crippen LogP contribution in [0.2, 0.25) is 0 Å². The Labute approximate surface area is 242 Å². The van der Waals surface area contributed by atoms with E-state index in [1.54, 1.807) is 19.2 Å². The second-order valence-electron chi connectivity index (χ2n) is 10.0. The van der Waals surface area contributed by atoms with Crippen LogP contribution in [0.5, 0.6) is 5.75 Å². The monoisotopic (exact) mass is 574 g/mol. The summed E-state index contributed by atoms with van der Waals surface area (Å²) in [6, 6.07) is 10.6. The molecule has 10 nitrogen and oxygen atoms in total. The van der Waals surface area contributed by atoms with Crippen molar-refractivity contribution in [2.75, 3.05) is 49.8 Å². The molecule has 1 amide bonds. The number of benzene rings is 2. The molecule has 0 unspecified atom stereocenters. The van der Waals surface area contributed by atoms with Gasteiger partial charge < -0.3 is 29.7 Å². The Balaban J connectivity index is 1.77. The van der Waals surface area contributed by atoms with Gasteiger partial charge in [0.15, 0.2) is 5.75 Å². The van der Waals surface area contributed by atoms with Crippen LogP contribution in [0.3, 0.4) is 0 Å². The largest absolute Gasteiger partial charge is 0.433 e. The van der Waals surface area contributed by atoms with Crippen LogP contribution in [0.1, 0.15) is 11.1 Å². The second kappa shape index (κ2) is 12.7. The first-order valence-electron chi connectivity index (χ1n) is 13.0. The van der Waals surface area contributed by atoms with Gasteiger partial charge in [-0.25, -0.2) is 9.97 Å². The van der Waals surface area contributed by atoms with Gasteiger partial charge in [-0.15, -0.1) is 0 Å². The molecule has 0 saturated carbocycles. The van der Waals surface area contributed by atoms with Crippen LogP contribution < -0.4 is 20.3 Å². The summed E-state index contributed by atoms with van der Waals surface area (Å²) in [6.45, 7) is 3.60. The van der Waals surface area contributed by atoms with Crippen LogP contribution in [-0.4, -0.2) is 66.2 Å². The van der Waals surface area contributed by atoms with Crippen LogP contribution in [0, 0.1) is 18.3 Å². The molecule has 0 aliphatic heterocycles. The van der Waals surface area contributed by atoms with E-state index in [0.29, 0.717) is 41.3 Å². The van der Waals surface area contributed by atoms with E-state index in [2.05, 4.69) is 33.2 Å². The SMILES string of the molecule is C=CC(=O)Nc1cc(Nc2nccc(-c3cc(C#N)c4c(c3)c(C)cn4C)n2)c(OC(F)F)cc1N(C)CCN(C)C. The van der Waals surface area contributed by atoms with Gasteiger partial charge in [0.05, 0.1) is 33.8 Å². The molecule has 218 valence electrons. The summed E-state index contributed by atoms with van der Waals surface area (Å²) in [5.74, 6) is -0.524. The highest BCUT2D eigenvalue weighted by Crippen LogP contribution is 2.39. The first-order chi connectivity index (χ1) is 20.0. The number of ether oxygens (including phenoxy) is 1. The summed E-state index contributed by atoms with van der Waals surface area (Å²) in [4.78, 5) is 24.9. The molecule has 2 heterocycles. The zero-order chi connectivity index (χ0) is 30.6. The molecule has 0 spiro atoms. The Hall–Kier alpha value is -5.02. The van der Waals surface area contributed by atoms with Crippen LogP contribution >= 0.6 is 0 Å². The van der Waals surface area contributed by atoms with E-state index in [9.17, 15) is 18.8 Å². The van der Waals surface area contributed by atoms with Crippen LogP contribution in [0.25, 0.3) is 22.2 Å². The number of carbonyl (C=O) groups is 1. The minimum Gasteiger partial charge on any atom is -0.433 e. The molecule has 0 radical (unpaired) electrons. The molecular weight excluding hydrogens is 542 g/mol. The lowest BCUT2D eigenvalue weighted by atomic mass is 10.0. The van der Waals surface area contributed by atoms with Crippen molar-refractivity contribution in [3.63, 3.8) is 0 Å². The van der Waals surface area contributed by atoms with Gasteiger partial charge in [-0.05, 0) is 56.9 Å². The van der Waals surface area contributed by atoms with Gasteiger partial charge in [0.2, 0.25) is 11.9 Å². The lowest BCUT2D eigenvalue weighted by Crippen LogP contribution is -2.29. The fourth-order valence-corrected chi connectivity index (χ4v) is 4.60. The fraction of sp³-hybridized carbons (Fsp3) is 0.267. The molecule has 0 aliphatic rings. The average Bonchev–Trinajstić information content (AvgIpc) is 3.25. The van der Waals surface area contributed by atoms with Crippen LogP contribution in [-0.2, 0) is 11.8 Å². The quantitative estimate of drug-likeness (QED) is 0.233.